The summed E-state index contributed by atoms with van der Waals surface area (Å²) in [4.78, 5) is 20.0. The van der Waals surface area contributed by atoms with Crippen LogP contribution >= 0.6 is 0 Å². The van der Waals surface area contributed by atoms with Gasteiger partial charge in [-0.15, -0.1) is 0 Å². The lowest BCUT2D eigenvalue weighted by molar-refractivity contribution is 0.613. The van der Waals surface area contributed by atoms with E-state index in [1.54, 1.807) is 17.9 Å². The molecular weight excluding hydrogens is 194 g/mol. The molecule has 0 saturated carbocycles. The molecule has 0 amide bonds. The van der Waals surface area contributed by atoms with E-state index in [-0.39, 0.29) is 17.5 Å². The predicted molar refractivity (Wildman–Crippen MR) is 57.6 cm³/mol. The fourth-order valence-electron chi connectivity index (χ4n) is 1.48. The van der Waals surface area contributed by atoms with Crippen LogP contribution in [0.1, 0.15) is 19.9 Å². The fraction of sp³-hybridized carbons (Fsp3) is 0.444. The zero-order valence-electron chi connectivity index (χ0n) is 8.93. The van der Waals surface area contributed by atoms with Crippen molar-refractivity contribution in [1.29, 1.82) is 0 Å². The normalized spacial score (nSPS) is 11.5. The van der Waals surface area contributed by atoms with Crippen LogP contribution < -0.4 is 11.3 Å². The Bertz CT molecular complexity index is 566. The van der Waals surface area contributed by atoms with Gasteiger partial charge in [-0.3, -0.25) is 9.36 Å². The Morgan fingerprint density at radius 2 is 2.13 bits per heavy atom. The molecule has 0 bridgehead atoms. The van der Waals surface area contributed by atoms with Crippen molar-refractivity contribution < 1.29 is 0 Å². The number of fused-ring (bicyclic) bond motifs is 1. The number of nitrogens with zero attached hydrogens (tertiary/aromatic N) is 4. The summed E-state index contributed by atoms with van der Waals surface area (Å²) >= 11 is 0. The van der Waals surface area contributed by atoms with Crippen molar-refractivity contribution in [2.24, 2.45) is 7.05 Å². The van der Waals surface area contributed by atoms with Gasteiger partial charge in [0.15, 0.2) is 11.2 Å². The lowest BCUT2D eigenvalue weighted by Crippen LogP contribution is -2.23. The first-order chi connectivity index (χ1) is 7.02. The number of imidazole rings is 1. The van der Waals surface area contributed by atoms with Gasteiger partial charge in [0.25, 0.3) is 5.56 Å². The molecular formula is C9H13N5O. The molecule has 6 heteroatoms. The van der Waals surface area contributed by atoms with Crippen LogP contribution in [0.4, 0.5) is 5.95 Å². The summed E-state index contributed by atoms with van der Waals surface area (Å²) in [6.45, 7) is 3.97. The van der Waals surface area contributed by atoms with Crippen LogP contribution in [0.5, 0.6) is 0 Å². The summed E-state index contributed by atoms with van der Waals surface area (Å²) in [5, 5.41) is 0. The highest BCUT2D eigenvalue weighted by Crippen LogP contribution is 2.12. The molecule has 2 heterocycles. The topological polar surface area (TPSA) is 78.7 Å². The summed E-state index contributed by atoms with van der Waals surface area (Å²) < 4.78 is 3.12. The summed E-state index contributed by atoms with van der Waals surface area (Å²) in [6, 6.07) is 0.174. The van der Waals surface area contributed by atoms with Crippen LogP contribution in [0.25, 0.3) is 11.2 Å². The molecule has 0 aliphatic heterocycles. The maximum Gasteiger partial charge on any atom is 0.280 e. The molecule has 80 valence electrons. The van der Waals surface area contributed by atoms with Crippen LogP contribution in [0.3, 0.4) is 0 Å². The minimum Gasteiger partial charge on any atom is -0.369 e. The second-order valence-corrected chi connectivity index (χ2v) is 3.75. The Balaban J connectivity index is 2.92. The molecule has 0 aromatic carbocycles. The predicted octanol–water partition coefficient (Wildman–Crippen LogP) is 0.293. The molecule has 2 rings (SSSR count). The highest BCUT2D eigenvalue weighted by atomic mass is 16.1. The molecule has 0 spiro atoms. The Morgan fingerprint density at radius 1 is 1.47 bits per heavy atom. The maximum atomic E-state index is 11.9. The third-order valence-electron chi connectivity index (χ3n) is 2.40. The lowest BCUT2D eigenvalue weighted by atomic mass is 10.4. The molecule has 0 radical (unpaired) electrons. The van der Waals surface area contributed by atoms with Gasteiger partial charge >= 0.3 is 0 Å². The number of anilines is 1. The largest absolute Gasteiger partial charge is 0.369 e. The van der Waals surface area contributed by atoms with E-state index in [9.17, 15) is 4.79 Å². The second-order valence-electron chi connectivity index (χ2n) is 3.75. The van der Waals surface area contributed by atoms with E-state index in [0.717, 1.165) is 0 Å². The maximum absolute atomic E-state index is 11.9. The van der Waals surface area contributed by atoms with Gasteiger partial charge in [0.05, 0.1) is 6.33 Å². The molecule has 15 heavy (non-hydrogen) atoms. The highest BCUT2D eigenvalue weighted by Gasteiger charge is 2.13. The van der Waals surface area contributed by atoms with Gasteiger partial charge in [0.1, 0.15) is 0 Å². The zero-order valence-corrected chi connectivity index (χ0v) is 8.93. The van der Waals surface area contributed by atoms with Gasteiger partial charge in [-0.2, -0.15) is 4.98 Å². The minimum atomic E-state index is -0.163. The SMILES string of the molecule is CC(C)n1cnc2nc(N)n(C)c(=O)c21. The first-order valence-electron chi connectivity index (χ1n) is 4.71. The molecule has 0 fully saturated rings. The molecule has 0 saturated heterocycles. The molecule has 0 aliphatic carbocycles. The van der Waals surface area contributed by atoms with Gasteiger partial charge < -0.3 is 10.3 Å². The summed E-state index contributed by atoms with van der Waals surface area (Å²) in [6.07, 6.45) is 1.61. The van der Waals surface area contributed by atoms with Crippen molar-refractivity contribution in [1.82, 2.24) is 19.1 Å². The van der Waals surface area contributed by atoms with E-state index in [4.69, 9.17) is 5.73 Å². The second kappa shape index (κ2) is 3.08. The standard InChI is InChI=1S/C9H13N5O/c1-5(2)14-4-11-7-6(14)8(15)13(3)9(10)12-7/h4-5H,1-3H3,(H2,10,12). The van der Waals surface area contributed by atoms with E-state index in [1.165, 1.54) is 4.57 Å². The van der Waals surface area contributed by atoms with Crippen molar-refractivity contribution >= 4 is 17.1 Å². The molecule has 2 aromatic rings. The number of hydrogen-bond acceptors (Lipinski definition) is 4. The Hall–Kier alpha value is -1.85. The van der Waals surface area contributed by atoms with Crippen molar-refractivity contribution in [3.63, 3.8) is 0 Å². The summed E-state index contributed by atoms with van der Waals surface area (Å²) in [7, 11) is 1.60. The average Bonchev–Trinajstić information content (AvgIpc) is 2.58. The molecule has 6 nitrogen and oxygen atoms in total. The van der Waals surface area contributed by atoms with Crippen LogP contribution in [0.2, 0.25) is 0 Å². The van der Waals surface area contributed by atoms with Gasteiger partial charge in [-0.1, -0.05) is 0 Å². The average molecular weight is 207 g/mol. The van der Waals surface area contributed by atoms with E-state index < -0.39 is 0 Å². The smallest absolute Gasteiger partial charge is 0.280 e. The Kier molecular flexibility index (Phi) is 1.99. The van der Waals surface area contributed by atoms with Crippen molar-refractivity contribution in [3.05, 3.63) is 16.7 Å². The molecule has 0 aliphatic rings. The van der Waals surface area contributed by atoms with Crippen LogP contribution in [-0.2, 0) is 7.05 Å². The molecule has 0 atom stereocenters. The Morgan fingerprint density at radius 3 is 2.73 bits per heavy atom. The van der Waals surface area contributed by atoms with Gasteiger partial charge in [-0.25, -0.2) is 4.98 Å². The monoisotopic (exact) mass is 207 g/mol. The third-order valence-corrected chi connectivity index (χ3v) is 2.40. The lowest BCUT2D eigenvalue weighted by Gasteiger charge is -2.08. The number of nitrogen functional groups attached to an aromatic ring is 1. The van der Waals surface area contributed by atoms with E-state index in [0.29, 0.717) is 11.2 Å². The quantitative estimate of drug-likeness (QED) is 0.729. The number of rotatable bonds is 1. The summed E-state index contributed by atoms with van der Waals surface area (Å²) in [5.41, 5.74) is 6.32. The number of hydrogen-bond donors (Lipinski definition) is 1. The zero-order chi connectivity index (χ0) is 11.2. The first-order valence-corrected chi connectivity index (χ1v) is 4.71. The number of nitrogens with two attached hydrogens (primary N) is 1. The van der Waals surface area contributed by atoms with Crippen molar-refractivity contribution in [2.45, 2.75) is 19.9 Å². The van der Waals surface area contributed by atoms with Crippen LogP contribution in [0.15, 0.2) is 11.1 Å². The Labute approximate surface area is 86.4 Å². The van der Waals surface area contributed by atoms with E-state index in [2.05, 4.69) is 9.97 Å². The first kappa shape index (κ1) is 9.70. The van der Waals surface area contributed by atoms with Crippen LogP contribution in [-0.4, -0.2) is 19.1 Å². The van der Waals surface area contributed by atoms with Crippen molar-refractivity contribution in [2.75, 3.05) is 5.73 Å². The number of aromatic nitrogens is 4. The highest BCUT2D eigenvalue weighted by molar-refractivity contribution is 5.71. The van der Waals surface area contributed by atoms with Gasteiger partial charge in [0, 0.05) is 13.1 Å². The van der Waals surface area contributed by atoms with Crippen molar-refractivity contribution in [3.8, 4) is 0 Å². The summed E-state index contributed by atoms with van der Waals surface area (Å²) in [5.74, 6) is 0.182. The molecule has 2 N–H and O–H groups in total. The van der Waals surface area contributed by atoms with Gasteiger partial charge in [0.2, 0.25) is 5.95 Å². The van der Waals surface area contributed by atoms with Crippen LogP contribution in [0, 0.1) is 0 Å². The third kappa shape index (κ3) is 1.29. The molecule has 2 aromatic heterocycles. The molecule has 0 unspecified atom stereocenters. The van der Waals surface area contributed by atoms with Gasteiger partial charge in [-0.05, 0) is 13.8 Å². The fourth-order valence-corrected chi connectivity index (χ4v) is 1.48. The van der Waals surface area contributed by atoms with E-state index in [1.807, 2.05) is 13.8 Å². The minimum absolute atomic E-state index is 0.163. The van der Waals surface area contributed by atoms with E-state index >= 15 is 0 Å².